The Morgan fingerprint density at radius 3 is 2.55 bits per heavy atom. The molecule has 0 saturated carbocycles. The lowest BCUT2D eigenvalue weighted by molar-refractivity contribution is -0.311. The summed E-state index contributed by atoms with van der Waals surface area (Å²) in [6, 6.07) is 6.41. The van der Waals surface area contributed by atoms with Crippen LogP contribution in [0.2, 0.25) is 0 Å². The monoisotopic (exact) mass is 306 g/mol. The maximum absolute atomic E-state index is 12.1. The second-order valence-electron chi connectivity index (χ2n) is 6.51. The molecular weight excluding hydrogens is 286 g/mol. The average molecular weight is 306 g/mol. The van der Waals surface area contributed by atoms with Crippen molar-refractivity contribution in [3.63, 3.8) is 0 Å². The molecule has 2 atom stereocenters. The minimum Gasteiger partial charge on any atom is -0.550 e. The minimum absolute atomic E-state index is 0.0393. The summed E-state index contributed by atoms with van der Waals surface area (Å²) in [7, 11) is 0. The van der Waals surface area contributed by atoms with Crippen molar-refractivity contribution < 1.29 is 24.5 Å². The second-order valence-corrected chi connectivity index (χ2v) is 6.51. The van der Waals surface area contributed by atoms with Crippen LogP contribution in [0.1, 0.15) is 32.3 Å². The van der Waals surface area contributed by atoms with Crippen LogP contribution < -0.4 is 5.11 Å². The highest BCUT2D eigenvalue weighted by molar-refractivity contribution is 5.74. The van der Waals surface area contributed by atoms with Crippen LogP contribution in [0.3, 0.4) is 0 Å². The number of hydrogen-bond donors (Lipinski definition) is 1. The van der Waals surface area contributed by atoms with Crippen molar-refractivity contribution in [2.75, 3.05) is 13.1 Å². The van der Waals surface area contributed by atoms with Crippen LogP contribution in [0.5, 0.6) is 5.75 Å². The predicted octanol–water partition coefficient (Wildman–Crippen LogP) is 1.09. The number of carboxylic acid groups (broad SMARTS) is 1. The molecule has 0 bridgehead atoms. The molecule has 0 aromatic heterocycles. The number of likely N-dealkylation sites (tertiary alicyclic amines) is 1. The first-order chi connectivity index (χ1) is 10.2. The van der Waals surface area contributed by atoms with Crippen LogP contribution in [0.15, 0.2) is 24.3 Å². The van der Waals surface area contributed by atoms with Crippen molar-refractivity contribution in [1.82, 2.24) is 4.90 Å². The molecule has 1 N–H and O–H groups in total. The first kappa shape index (κ1) is 16.1. The van der Waals surface area contributed by atoms with Gasteiger partial charge in [-0.2, -0.15) is 0 Å². The molecule has 2 rings (SSSR count). The summed E-state index contributed by atoms with van der Waals surface area (Å²) < 4.78 is 5.28. The van der Waals surface area contributed by atoms with Crippen LogP contribution in [0.4, 0.5) is 4.79 Å². The summed E-state index contributed by atoms with van der Waals surface area (Å²) in [6.45, 7) is 5.52. The van der Waals surface area contributed by atoms with Gasteiger partial charge in [-0.05, 0) is 38.5 Å². The maximum atomic E-state index is 12.1. The Morgan fingerprint density at radius 2 is 2.00 bits per heavy atom. The fourth-order valence-electron chi connectivity index (χ4n) is 2.61. The first-order valence-electron chi connectivity index (χ1n) is 7.15. The number of carbonyl (C=O) groups excluding carboxylic acids is 2. The molecule has 1 heterocycles. The van der Waals surface area contributed by atoms with Crippen molar-refractivity contribution in [2.45, 2.75) is 32.3 Å². The molecule has 1 aliphatic heterocycles. The number of benzene rings is 1. The summed E-state index contributed by atoms with van der Waals surface area (Å²) in [5.41, 5.74) is 0.0252. The molecule has 1 aromatic carbocycles. The number of carboxylic acids is 1. The third kappa shape index (κ3) is 3.69. The van der Waals surface area contributed by atoms with E-state index in [9.17, 15) is 19.8 Å². The van der Waals surface area contributed by atoms with Crippen LogP contribution in [-0.4, -0.2) is 40.8 Å². The topological polar surface area (TPSA) is 89.9 Å². The van der Waals surface area contributed by atoms with Gasteiger partial charge >= 0.3 is 6.09 Å². The molecule has 1 aromatic rings. The van der Waals surface area contributed by atoms with E-state index in [1.54, 1.807) is 32.9 Å². The number of phenolic OH excluding ortho intramolecular Hbond substituents is 1. The van der Waals surface area contributed by atoms with Gasteiger partial charge in [-0.25, -0.2) is 4.79 Å². The Labute approximate surface area is 129 Å². The Morgan fingerprint density at radius 1 is 1.32 bits per heavy atom. The number of aliphatic carboxylic acids is 1. The first-order valence-corrected chi connectivity index (χ1v) is 7.15. The predicted molar refractivity (Wildman–Crippen MR) is 77.2 cm³/mol. The van der Waals surface area contributed by atoms with Crippen molar-refractivity contribution >= 4 is 12.1 Å². The van der Waals surface area contributed by atoms with E-state index in [2.05, 4.69) is 0 Å². The fraction of sp³-hybridized carbons (Fsp3) is 0.500. The molecule has 6 heteroatoms. The highest BCUT2D eigenvalue weighted by Crippen LogP contribution is 2.34. The lowest BCUT2D eigenvalue weighted by Gasteiger charge is -2.24. The molecule has 1 saturated heterocycles. The zero-order valence-electron chi connectivity index (χ0n) is 12.9. The highest BCUT2D eigenvalue weighted by Gasteiger charge is 2.38. The Bertz CT molecular complexity index is 578. The lowest BCUT2D eigenvalue weighted by atomic mass is 9.89. The van der Waals surface area contributed by atoms with Crippen molar-refractivity contribution in [2.24, 2.45) is 5.92 Å². The van der Waals surface area contributed by atoms with Crippen LogP contribution in [0, 0.1) is 5.92 Å². The molecular formula is C16H20NO5-. The van der Waals surface area contributed by atoms with E-state index in [0.29, 0.717) is 5.56 Å². The molecule has 0 unspecified atom stereocenters. The van der Waals surface area contributed by atoms with Crippen LogP contribution in [-0.2, 0) is 9.53 Å². The van der Waals surface area contributed by atoms with Gasteiger partial charge in [0.15, 0.2) is 0 Å². The maximum Gasteiger partial charge on any atom is 0.410 e. The third-order valence-electron chi connectivity index (χ3n) is 3.57. The van der Waals surface area contributed by atoms with E-state index >= 15 is 0 Å². The number of ether oxygens (including phenoxy) is 1. The molecule has 120 valence electrons. The van der Waals surface area contributed by atoms with Crippen LogP contribution >= 0.6 is 0 Å². The van der Waals surface area contributed by atoms with E-state index in [1.165, 1.54) is 17.0 Å². The zero-order chi connectivity index (χ0) is 16.5. The number of carbonyl (C=O) groups is 2. The summed E-state index contributed by atoms with van der Waals surface area (Å²) in [6.07, 6.45) is -0.540. The smallest absolute Gasteiger partial charge is 0.410 e. The van der Waals surface area contributed by atoms with Crippen molar-refractivity contribution in [3.8, 4) is 5.75 Å². The van der Waals surface area contributed by atoms with E-state index in [1.807, 2.05) is 0 Å². The quantitative estimate of drug-likeness (QED) is 0.883. The molecule has 1 aliphatic rings. The fourth-order valence-corrected chi connectivity index (χ4v) is 2.61. The molecule has 6 nitrogen and oxygen atoms in total. The zero-order valence-corrected chi connectivity index (χ0v) is 12.9. The van der Waals surface area contributed by atoms with Gasteiger partial charge in [0.25, 0.3) is 0 Å². The lowest BCUT2D eigenvalue weighted by Crippen LogP contribution is -2.38. The van der Waals surface area contributed by atoms with Gasteiger partial charge in [0.05, 0.1) is 0 Å². The van der Waals surface area contributed by atoms with Gasteiger partial charge in [0.2, 0.25) is 0 Å². The standard InChI is InChI=1S/C16H21NO5/c1-16(2,3)22-15(21)17-8-12(13(9-17)14(19)20)10-5-4-6-11(18)7-10/h4-7,12-13,18H,8-9H2,1-3H3,(H,19,20)/p-1/t12-,13+/m0/s1. The molecule has 0 aliphatic carbocycles. The number of aromatic hydroxyl groups is 1. The minimum atomic E-state index is -1.21. The molecule has 1 fully saturated rings. The summed E-state index contributed by atoms with van der Waals surface area (Å²) in [5, 5.41) is 20.9. The number of rotatable bonds is 2. The largest absolute Gasteiger partial charge is 0.550 e. The van der Waals surface area contributed by atoms with Gasteiger partial charge in [-0.15, -0.1) is 0 Å². The SMILES string of the molecule is CC(C)(C)OC(=O)N1C[C@@H](C(=O)[O-])[C@H](c2cccc(O)c2)C1. The third-order valence-corrected chi connectivity index (χ3v) is 3.57. The van der Waals surface area contributed by atoms with E-state index < -0.39 is 29.5 Å². The molecule has 0 spiro atoms. The van der Waals surface area contributed by atoms with Crippen LogP contribution in [0.25, 0.3) is 0 Å². The second kappa shape index (κ2) is 5.87. The van der Waals surface area contributed by atoms with Gasteiger partial charge in [-0.3, -0.25) is 0 Å². The number of phenols is 1. The van der Waals surface area contributed by atoms with Crippen molar-refractivity contribution in [3.05, 3.63) is 29.8 Å². The van der Waals surface area contributed by atoms with E-state index in [0.717, 1.165) is 0 Å². The van der Waals surface area contributed by atoms with Crippen molar-refractivity contribution in [1.29, 1.82) is 0 Å². The summed E-state index contributed by atoms with van der Waals surface area (Å²) in [4.78, 5) is 24.9. The Kier molecular flexibility index (Phi) is 4.30. The number of nitrogens with zero attached hydrogens (tertiary/aromatic N) is 1. The number of amides is 1. The summed E-state index contributed by atoms with van der Waals surface area (Å²) >= 11 is 0. The van der Waals surface area contributed by atoms with Gasteiger partial charge in [0, 0.05) is 30.9 Å². The Hall–Kier alpha value is -2.24. The highest BCUT2D eigenvalue weighted by atomic mass is 16.6. The average Bonchev–Trinajstić information content (AvgIpc) is 2.82. The van der Waals surface area contributed by atoms with Gasteiger partial charge in [-0.1, -0.05) is 12.1 Å². The van der Waals surface area contributed by atoms with Gasteiger partial charge < -0.3 is 24.6 Å². The van der Waals surface area contributed by atoms with E-state index in [4.69, 9.17) is 4.74 Å². The molecule has 22 heavy (non-hydrogen) atoms. The number of hydrogen-bond acceptors (Lipinski definition) is 5. The Balaban J connectivity index is 2.20. The van der Waals surface area contributed by atoms with E-state index in [-0.39, 0.29) is 18.8 Å². The molecule has 1 amide bonds. The summed E-state index contributed by atoms with van der Waals surface area (Å²) in [5.74, 6) is -2.40. The molecule has 0 radical (unpaired) electrons. The normalized spacial score (nSPS) is 21.7. The van der Waals surface area contributed by atoms with Gasteiger partial charge in [0.1, 0.15) is 11.4 Å².